The summed E-state index contributed by atoms with van der Waals surface area (Å²) in [6, 6.07) is 15.3. The summed E-state index contributed by atoms with van der Waals surface area (Å²) in [5.41, 5.74) is 5.69. The molecule has 1 atom stereocenters. The molecular weight excluding hydrogens is 348 g/mol. The molecule has 2 N–H and O–H groups in total. The SMILES string of the molecule is CC1(C)CC(=O)C2=C(C1)Nc1c(ccc3ncccc13)[C@@H]2c1cccc(O)c1. The van der Waals surface area contributed by atoms with Crippen LogP contribution in [0.5, 0.6) is 5.75 Å². The van der Waals surface area contributed by atoms with Crippen LogP contribution in [0.25, 0.3) is 10.9 Å². The van der Waals surface area contributed by atoms with Crippen molar-refractivity contribution in [3.63, 3.8) is 0 Å². The number of phenolic OH excluding ortho intramolecular Hbond substituents is 1. The molecule has 0 amide bonds. The second-order valence-electron chi connectivity index (χ2n) is 8.59. The van der Waals surface area contributed by atoms with Gasteiger partial charge in [0.05, 0.1) is 11.2 Å². The van der Waals surface area contributed by atoms with E-state index in [0.717, 1.165) is 45.4 Å². The van der Waals surface area contributed by atoms with Crippen LogP contribution in [-0.4, -0.2) is 15.9 Å². The number of hydrogen-bond donors (Lipinski definition) is 2. The third-order valence-corrected chi connectivity index (χ3v) is 5.82. The molecule has 28 heavy (non-hydrogen) atoms. The Morgan fingerprint density at radius 3 is 2.79 bits per heavy atom. The van der Waals surface area contributed by atoms with Gasteiger partial charge in [-0.3, -0.25) is 9.78 Å². The minimum absolute atomic E-state index is 0.0768. The minimum Gasteiger partial charge on any atom is -0.508 e. The number of aromatic nitrogens is 1. The van der Waals surface area contributed by atoms with Crippen LogP contribution >= 0.6 is 0 Å². The number of pyridine rings is 1. The predicted molar refractivity (Wildman–Crippen MR) is 110 cm³/mol. The average molecular weight is 370 g/mol. The van der Waals surface area contributed by atoms with Crippen molar-refractivity contribution >= 4 is 22.4 Å². The third-order valence-electron chi connectivity index (χ3n) is 5.82. The molecule has 0 bridgehead atoms. The Balaban J connectivity index is 1.80. The summed E-state index contributed by atoms with van der Waals surface area (Å²) < 4.78 is 0. The Morgan fingerprint density at radius 1 is 1.11 bits per heavy atom. The van der Waals surface area contributed by atoms with Crippen molar-refractivity contribution in [1.82, 2.24) is 4.98 Å². The first-order valence-electron chi connectivity index (χ1n) is 9.63. The molecule has 4 heteroatoms. The Morgan fingerprint density at radius 2 is 1.96 bits per heavy atom. The van der Waals surface area contributed by atoms with E-state index in [-0.39, 0.29) is 22.9 Å². The van der Waals surface area contributed by atoms with Gasteiger partial charge in [0.15, 0.2) is 5.78 Å². The van der Waals surface area contributed by atoms with Crippen LogP contribution in [0.4, 0.5) is 5.69 Å². The standard InChI is InChI=1S/C24H22N2O2/c1-24(2)12-19-22(20(28)13-24)21(14-5-3-6-15(27)11-14)17-8-9-18-16(23(17)26-19)7-4-10-25-18/h3-11,21,26-27H,12-13H2,1-2H3/t21-/m0/s1. The lowest BCUT2D eigenvalue weighted by Crippen LogP contribution is -2.33. The molecule has 2 aliphatic rings. The topological polar surface area (TPSA) is 62.2 Å². The van der Waals surface area contributed by atoms with Gasteiger partial charge in [0.1, 0.15) is 5.75 Å². The summed E-state index contributed by atoms with van der Waals surface area (Å²) in [7, 11) is 0. The molecule has 0 saturated carbocycles. The quantitative estimate of drug-likeness (QED) is 0.622. The van der Waals surface area contributed by atoms with Crippen molar-refractivity contribution in [2.45, 2.75) is 32.6 Å². The first-order valence-corrected chi connectivity index (χ1v) is 9.63. The second kappa shape index (κ2) is 5.93. The van der Waals surface area contributed by atoms with E-state index >= 15 is 0 Å². The summed E-state index contributed by atoms with van der Waals surface area (Å²) in [6.07, 6.45) is 3.15. The normalized spacial score (nSPS) is 20.5. The fourth-order valence-corrected chi connectivity index (χ4v) is 4.69. The highest BCUT2D eigenvalue weighted by Crippen LogP contribution is 2.50. The Bertz CT molecular complexity index is 1160. The summed E-state index contributed by atoms with van der Waals surface area (Å²) in [4.78, 5) is 17.7. The number of phenols is 1. The van der Waals surface area contributed by atoms with Crippen LogP contribution in [0.3, 0.4) is 0 Å². The van der Waals surface area contributed by atoms with Gasteiger partial charge in [-0.2, -0.15) is 0 Å². The van der Waals surface area contributed by atoms with Gasteiger partial charge < -0.3 is 10.4 Å². The van der Waals surface area contributed by atoms with E-state index < -0.39 is 0 Å². The molecule has 0 saturated heterocycles. The number of rotatable bonds is 1. The summed E-state index contributed by atoms with van der Waals surface area (Å²) >= 11 is 0. The van der Waals surface area contributed by atoms with Crippen molar-refractivity contribution in [3.05, 3.63) is 77.1 Å². The molecule has 3 aromatic rings. The van der Waals surface area contributed by atoms with E-state index in [9.17, 15) is 9.90 Å². The molecule has 0 unspecified atom stereocenters. The van der Waals surface area contributed by atoms with Crippen LogP contribution in [-0.2, 0) is 4.79 Å². The van der Waals surface area contributed by atoms with Gasteiger partial charge in [0.25, 0.3) is 0 Å². The molecule has 2 heterocycles. The number of hydrogen-bond acceptors (Lipinski definition) is 4. The van der Waals surface area contributed by atoms with Gasteiger partial charge >= 0.3 is 0 Å². The molecule has 140 valence electrons. The molecule has 4 nitrogen and oxygen atoms in total. The monoisotopic (exact) mass is 370 g/mol. The van der Waals surface area contributed by atoms with Gasteiger partial charge in [-0.05, 0) is 53.3 Å². The smallest absolute Gasteiger partial charge is 0.162 e. The van der Waals surface area contributed by atoms with Crippen molar-refractivity contribution in [3.8, 4) is 5.75 Å². The molecule has 0 radical (unpaired) electrons. The zero-order valence-electron chi connectivity index (χ0n) is 16.0. The highest BCUT2D eigenvalue weighted by atomic mass is 16.3. The lowest BCUT2D eigenvalue weighted by atomic mass is 9.68. The molecule has 1 aromatic heterocycles. The number of nitrogens with zero attached hydrogens (tertiary/aromatic N) is 1. The van der Waals surface area contributed by atoms with E-state index in [1.165, 1.54) is 0 Å². The van der Waals surface area contributed by atoms with Gasteiger partial charge in [-0.25, -0.2) is 0 Å². The van der Waals surface area contributed by atoms with Gasteiger partial charge in [-0.15, -0.1) is 0 Å². The van der Waals surface area contributed by atoms with Crippen molar-refractivity contribution in [2.24, 2.45) is 5.41 Å². The number of carbonyl (C=O) groups is 1. The van der Waals surface area contributed by atoms with Gasteiger partial charge in [-0.1, -0.05) is 32.0 Å². The number of aromatic hydroxyl groups is 1. The first kappa shape index (κ1) is 17.0. The minimum atomic E-state index is -0.188. The maximum atomic E-state index is 13.2. The summed E-state index contributed by atoms with van der Waals surface area (Å²) in [5, 5.41) is 14.7. The van der Waals surface area contributed by atoms with Crippen LogP contribution < -0.4 is 5.32 Å². The molecule has 5 rings (SSSR count). The average Bonchev–Trinajstić information content (AvgIpc) is 2.65. The number of anilines is 1. The molecular formula is C24H22N2O2. The number of allylic oxidation sites excluding steroid dienone is 2. The first-order chi connectivity index (χ1) is 13.4. The molecule has 0 fully saturated rings. The Labute approximate surface area is 163 Å². The number of Topliss-reactive ketones (excluding diaryl/α,β-unsaturated/α-hetero) is 1. The maximum absolute atomic E-state index is 13.2. The molecule has 2 aromatic carbocycles. The number of fused-ring (bicyclic) bond motifs is 3. The van der Waals surface area contributed by atoms with Crippen LogP contribution in [0.15, 0.2) is 66.0 Å². The van der Waals surface area contributed by atoms with E-state index in [0.29, 0.717) is 6.42 Å². The van der Waals surface area contributed by atoms with Crippen molar-refractivity contribution in [1.29, 1.82) is 0 Å². The largest absolute Gasteiger partial charge is 0.508 e. The number of nitrogens with one attached hydrogen (secondary N) is 1. The summed E-state index contributed by atoms with van der Waals surface area (Å²) in [5.74, 6) is 0.210. The Kier molecular flexibility index (Phi) is 3.60. The van der Waals surface area contributed by atoms with Crippen molar-refractivity contribution < 1.29 is 9.90 Å². The van der Waals surface area contributed by atoms with E-state index in [1.807, 2.05) is 24.3 Å². The van der Waals surface area contributed by atoms with Crippen LogP contribution in [0, 0.1) is 5.41 Å². The second-order valence-corrected chi connectivity index (χ2v) is 8.59. The highest BCUT2D eigenvalue weighted by Gasteiger charge is 2.41. The van der Waals surface area contributed by atoms with Crippen LogP contribution in [0.1, 0.15) is 43.7 Å². The zero-order valence-corrected chi connectivity index (χ0v) is 16.0. The number of carbonyl (C=O) groups excluding carboxylic acids is 1. The lowest BCUT2D eigenvalue weighted by Gasteiger charge is -2.39. The van der Waals surface area contributed by atoms with E-state index in [1.54, 1.807) is 18.3 Å². The maximum Gasteiger partial charge on any atom is 0.162 e. The van der Waals surface area contributed by atoms with Gasteiger partial charge in [0.2, 0.25) is 0 Å². The highest BCUT2D eigenvalue weighted by molar-refractivity contribution is 6.04. The molecule has 1 aliphatic heterocycles. The zero-order chi connectivity index (χ0) is 19.5. The molecule has 1 aliphatic carbocycles. The van der Waals surface area contributed by atoms with E-state index in [2.05, 4.69) is 36.3 Å². The lowest BCUT2D eigenvalue weighted by molar-refractivity contribution is -0.118. The number of benzene rings is 2. The van der Waals surface area contributed by atoms with Gasteiger partial charge in [0, 0.05) is 35.2 Å². The van der Waals surface area contributed by atoms with Crippen molar-refractivity contribution in [2.75, 3.05) is 5.32 Å². The fourth-order valence-electron chi connectivity index (χ4n) is 4.69. The molecule has 0 spiro atoms. The third kappa shape index (κ3) is 2.60. The Hall–Kier alpha value is -3.14. The number of ketones is 1. The van der Waals surface area contributed by atoms with Crippen LogP contribution in [0.2, 0.25) is 0 Å². The fraction of sp³-hybridized carbons (Fsp3) is 0.250. The predicted octanol–water partition coefficient (Wildman–Crippen LogP) is 5.14. The van der Waals surface area contributed by atoms with E-state index in [4.69, 9.17) is 0 Å². The summed E-state index contributed by atoms with van der Waals surface area (Å²) in [6.45, 7) is 4.28.